The molecule has 6 heterocycles. The Labute approximate surface area is 447 Å². The van der Waals surface area contributed by atoms with E-state index in [1.165, 1.54) is 46.9 Å². The van der Waals surface area contributed by atoms with Crippen molar-refractivity contribution in [3.05, 3.63) is 249 Å². The van der Waals surface area contributed by atoms with Crippen LogP contribution in [0, 0.1) is 24.3 Å². The summed E-state index contributed by atoms with van der Waals surface area (Å²) in [4.78, 5) is 32.6. The Morgan fingerprint density at radius 1 is 0.478 bits per heavy atom. The molecule has 6 aromatic heterocycles. The fourth-order valence-electron chi connectivity index (χ4n) is 6.71. The summed E-state index contributed by atoms with van der Waals surface area (Å²) in [7, 11) is 0. The van der Waals surface area contributed by atoms with E-state index in [-0.39, 0.29) is 71.9 Å². The molecule has 11 rings (SSSR count). The van der Waals surface area contributed by atoms with Crippen LogP contribution in [-0.4, -0.2) is 35.8 Å². The van der Waals surface area contributed by atoms with Gasteiger partial charge in [-0.3, -0.25) is 9.78 Å². The second-order valence-electron chi connectivity index (χ2n) is 14.4. The molecule has 0 saturated heterocycles. The van der Waals surface area contributed by atoms with Gasteiger partial charge < -0.3 is 25.0 Å². The molecule has 0 bridgehead atoms. The van der Waals surface area contributed by atoms with E-state index >= 15 is 0 Å². The topological polar surface area (TPSA) is 102 Å². The zero-order chi connectivity index (χ0) is 45.8. The first kappa shape index (κ1) is 55.1. The van der Waals surface area contributed by atoms with Crippen molar-refractivity contribution in [3.63, 3.8) is 0 Å². The van der Waals surface area contributed by atoms with E-state index in [0.29, 0.717) is 0 Å². The van der Waals surface area contributed by atoms with Gasteiger partial charge in [-0.2, -0.15) is 23.8 Å². The predicted molar refractivity (Wildman–Crippen MR) is 269 cm³/mol. The SMILES string of the molecule is CC(=O)C=C(C)O.[Ir].[Ir].[Ir].[c-]1ccccc1-c1ccccn1.[c-]1ccccc1-c1nccc2ccccc12.[c-]1ccsc1-c1nccc2ccccc12.[c-]1cnccc1-c1nccc2ccccc12. The molecule has 11 aromatic rings. The molecule has 1 N–H and O–H groups in total. The molecular weight excluding hydrogens is 1410 g/mol. The second kappa shape index (κ2) is 29.4. The normalized spacial score (nSPS) is 10.0. The number of hydrogen-bond acceptors (Lipinski definition) is 8. The monoisotopic (exact) mass is 1450 g/mol. The standard InChI is InChI=1S/C15H10N.C14H9N2.C13H8NS.C11H8N.C5H8O2.3Ir/c1-2-7-13(8-3-1)15-14-9-5-4-6-12(14)10-11-16-15;1-2-4-13-11(3-1)7-10-16-14(13)12-5-8-15-9-6-12;1-2-5-11-10(4-1)7-8-14-13(11)12-6-3-9-15-12;1-2-6-10(7-3-1)11-8-4-5-9-12-11;1-4(6)3-5(2)7;;;/h1-7,9-11H;1-5,7-10H;1-5,7-9H;1-6,8-9H;3,6H,1-2H3;;;/q4*-1;;;;. The molecule has 69 heavy (non-hydrogen) atoms. The van der Waals surface area contributed by atoms with Crippen LogP contribution in [0.5, 0.6) is 0 Å². The third kappa shape index (κ3) is 16.3. The van der Waals surface area contributed by atoms with Crippen LogP contribution in [0.15, 0.2) is 224 Å². The first-order valence-corrected chi connectivity index (χ1v) is 21.8. The van der Waals surface area contributed by atoms with Gasteiger partial charge in [-0.1, -0.05) is 89.8 Å². The van der Waals surface area contributed by atoms with E-state index in [0.717, 1.165) is 49.7 Å². The van der Waals surface area contributed by atoms with E-state index in [4.69, 9.17) is 5.11 Å². The molecule has 0 fully saturated rings. The molecule has 3 radical (unpaired) electrons. The van der Waals surface area contributed by atoms with Gasteiger partial charge >= 0.3 is 0 Å². The maximum absolute atomic E-state index is 10.0. The summed E-state index contributed by atoms with van der Waals surface area (Å²) < 4.78 is 0. The summed E-state index contributed by atoms with van der Waals surface area (Å²) in [5.74, 6) is -0.0625. The van der Waals surface area contributed by atoms with Gasteiger partial charge in [-0.15, -0.1) is 83.2 Å². The molecule has 0 saturated carbocycles. The Balaban J connectivity index is 0.000000190. The van der Waals surface area contributed by atoms with Gasteiger partial charge in [-0.05, 0) is 106 Å². The maximum Gasteiger partial charge on any atom is 0.155 e. The number of aliphatic hydroxyl groups excluding tert-OH is 1. The number of thiophene rings is 1. The fourth-order valence-corrected chi connectivity index (χ4v) is 7.39. The minimum atomic E-state index is -0.125. The van der Waals surface area contributed by atoms with Crippen molar-refractivity contribution in [2.45, 2.75) is 13.8 Å². The van der Waals surface area contributed by atoms with Crippen molar-refractivity contribution in [1.29, 1.82) is 0 Å². The van der Waals surface area contributed by atoms with Gasteiger partial charge in [0.15, 0.2) is 5.78 Å². The van der Waals surface area contributed by atoms with E-state index in [9.17, 15) is 4.79 Å². The summed E-state index contributed by atoms with van der Waals surface area (Å²) in [6.07, 6.45) is 11.9. The number of pyridine rings is 5. The van der Waals surface area contributed by atoms with Crippen molar-refractivity contribution in [2.24, 2.45) is 0 Å². The van der Waals surface area contributed by atoms with Crippen molar-refractivity contribution < 1.29 is 70.2 Å². The third-order valence-corrected chi connectivity index (χ3v) is 10.4. The Bertz CT molecular complexity index is 3090. The van der Waals surface area contributed by atoms with Crippen molar-refractivity contribution >= 4 is 49.4 Å². The van der Waals surface area contributed by atoms with E-state index in [1.54, 1.807) is 29.9 Å². The molecule has 0 unspecified atom stereocenters. The van der Waals surface area contributed by atoms with Gasteiger partial charge in [0.1, 0.15) is 0 Å². The van der Waals surface area contributed by atoms with Crippen molar-refractivity contribution in [3.8, 4) is 44.3 Å². The van der Waals surface area contributed by atoms with Crippen LogP contribution in [0.2, 0.25) is 0 Å². The third-order valence-electron chi connectivity index (χ3n) is 9.61. The Kier molecular flexibility index (Phi) is 23.5. The number of nitrogens with zero attached hydrogens (tertiary/aromatic N) is 5. The summed E-state index contributed by atoms with van der Waals surface area (Å²) in [6.45, 7) is 2.85. The van der Waals surface area contributed by atoms with Gasteiger partial charge in [-0.25, -0.2) is 11.3 Å². The molecule has 11 heteroatoms. The average Bonchev–Trinajstić information content (AvgIpc) is 3.93. The number of carbonyl (C=O) groups excluding carboxylic acids is 1. The number of allylic oxidation sites excluding steroid dienone is 2. The number of aliphatic hydroxyl groups is 1. The zero-order valence-electron chi connectivity index (χ0n) is 37.3. The largest absolute Gasteiger partial charge is 0.512 e. The Morgan fingerprint density at radius 3 is 1.41 bits per heavy atom. The first-order chi connectivity index (χ1) is 32.4. The minimum Gasteiger partial charge on any atom is -0.512 e. The van der Waals surface area contributed by atoms with Crippen LogP contribution in [-0.2, 0) is 65.1 Å². The summed E-state index contributed by atoms with van der Waals surface area (Å²) in [5.41, 5.74) is 7.02. The summed E-state index contributed by atoms with van der Waals surface area (Å²) >= 11 is 1.67. The van der Waals surface area contributed by atoms with Crippen LogP contribution in [0.25, 0.3) is 76.7 Å². The number of benzene rings is 5. The summed E-state index contributed by atoms with van der Waals surface area (Å²) in [5, 5.41) is 17.5. The molecular formula is C58H43Ir3N5O2S-4. The minimum absolute atomic E-state index is 0. The molecule has 0 aliphatic heterocycles. The number of ketones is 1. The molecule has 0 spiro atoms. The molecule has 7 nitrogen and oxygen atoms in total. The van der Waals surface area contributed by atoms with Crippen LogP contribution >= 0.6 is 11.3 Å². The fraction of sp³-hybridized carbons (Fsp3) is 0.0345. The van der Waals surface area contributed by atoms with Gasteiger partial charge in [0, 0.05) is 91.2 Å². The van der Waals surface area contributed by atoms with Gasteiger partial charge in [0.05, 0.1) is 5.76 Å². The smallest absolute Gasteiger partial charge is 0.155 e. The van der Waals surface area contributed by atoms with Crippen molar-refractivity contribution in [2.75, 3.05) is 0 Å². The van der Waals surface area contributed by atoms with Crippen LogP contribution in [0.1, 0.15) is 13.8 Å². The average molecular weight is 1450 g/mol. The number of fused-ring (bicyclic) bond motifs is 3. The number of rotatable bonds is 5. The van der Waals surface area contributed by atoms with Crippen LogP contribution in [0.3, 0.4) is 0 Å². The first-order valence-electron chi connectivity index (χ1n) is 21.0. The predicted octanol–water partition coefficient (Wildman–Crippen LogP) is 14.1. The molecule has 0 aliphatic carbocycles. The summed E-state index contributed by atoms with van der Waals surface area (Å²) in [6, 6.07) is 69.0. The van der Waals surface area contributed by atoms with E-state index in [1.807, 2.05) is 157 Å². The van der Waals surface area contributed by atoms with E-state index in [2.05, 4.69) is 85.6 Å². The van der Waals surface area contributed by atoms with Crippen molar-refractivity contribution in [1.82, 2.24) is 24.9 Å². The number of hydrogen-bond donors (Lipinski definition) is 1. The maximum atomic E-state index is 10.0. The number of aromatic nitrogens is 5. The molecule has 0 amide bonds. The number of carbonyl (C=O) groups is 1. The Hall–Kier alpha value is -6.51. The second-order valence-corrected chi connectivity index (χ2v) is 15.3. The van der Waals surface area contributed by atoms with Gasteiger partial charge in [0.2, 0.25) is 0 Å². The molecule has 0 aliphatic rings. The Morgan fingerprint density at radius 2 is 0.971 bits per heavy atom. The van der Waals surface area contributed by atoms with Crippen LogP contribution in [0.4, 0.5) is 0 Å². The van der Waals surface area contributed by atoms with E-state index < -0.39 is 0 Å². The van der Waals surface area contributed by atoms with Gasteiger partial charge in [0.25, 0.3) is 0 Å². The van der Waals surface area contributed by atoms with Crippen LogP contribution < -0.4 is 0 Å². The zero-order valence-corrected chi connectivity index (χ0v) is 45.3. The quantitative estimate of drug-likeness (QED) is 0.104. The molecule has 5 aromatic carbocycles. The molecule has 0 atom stereocenters. The molecule has 349 valence electrons.